The maximum absolute atomic E-state index is 13.4. The molecule has 1 unspecified atom stereocenters. The lowest BCUT2D eigenvalue weighted by Crippen LogP contribution is -2.50. The first kappa shape index (κ1) is 19.9. The van der Waals surface area contributed by atoms with Crippen LogP contribution >= 0.6 is 12.4 Å². The number of hydrogen-bond donors (Lipinski definition) is 1. The fourth-order valence-electron chi connectivity index (χ4n) is 2.67. The van der Waals surface area contributed by atoms with Crippen LogP contribution in [0.1, 0.15) is 24.9 Å². The zero-order chi connectivity index (χ0) is 16.2. The highest BCUT2D eigenvalue weighted by molar-refractivity contribution is 7.92. The number of benzene rings is 1. The monoisotopic (exact) mass is 364 g/mol. The third-order valence-corrected chi connectivity index (χ3v) is 5.37. The summed E-state index contributed by atoms with van der Waals surface area (Å²) in [5, 5.41) is 3.16. The molecule has 2 rings (SSSR count). The minimum Gasteiger partial charge on any atom is -0.332 e. The van der Waals surface area contributed by atoms with Gasteiger partial charge in [-0.1, -0.05) is 19.1 Å². The summed E-state index contributed by atoms with van der Waals surface area (Å²) in [6.45, 7) is 3.28. The summed E-state index contributed by atoms with van der Waals surface area (Å²) in [6.07, 6.45) is 0.491. The van der Waals surface area contributed by atoms with Gasteiger partial charge in [0, 0.05) is 19.6 Å². The van der Waals surface area contributed by atoms with Crippen molar-refractivity contribution in [3.63, 3.8) is 0 Å². The minimum absolute atomic E-state index is 0. The van der Waals surface area contributed by atoms with E-state index in [-0.39, 0.29) is 30.0 Å². The molecule has 1 saturated heterocycles. The Morgan fingerprint density at radius 2 is 2.17 bits per heavy atom. The van der Waals surface area contributed by atoms with Crippen molar-refractivity contribution < 1.29 is 17.6 Å². The third-order valence-electron chi connectivity index (χ3n) is 3.66. The quantitative estimate of drug-likeness (QED) is 0.860. The van der Waals surface area contributed by atoms with E-state index in [1.165, 1.54) is 12.1 Å². The van der Waals surface area contributed by atoms with Gasteiger partial charge in [-0.25, -0.2) is 12.8 Å². The molecular formula is C15H22ClFN2O3S. The predicted molar refractivity (Wildman–Crippen MR) is 89.9 cm³/mol. The maximum atomic E-state index is 13.4. The van der Waals surface area contributed by atoms with Crippen LogP contribution in [0.25, 0.3) is 0 Å². The Labute approximate surface area is 142 Å². The van der Waals surface area contributed by atoms with Gasteiger partial charge in [-0.2, -0.15) is 0 Å². The van der Waals surface area contributed by atoms with Crippen LogP contribution in [0.5, 0.6) is 0 Å². The van der Waals surface area contributed by atoms with Crippen LogP contribution in [0.3, 0.4) is 0 Å². The first-order valence-electron chi connectivity index (χ1n) is 7.39. The molecule has 23 heavy (non-hydrogen) atoms. The molecule has 1 atom stereocenters. The Kier molecular flexibility index (Phi) is 7.44. The largest absolute Gasteiger partial charge is 0.332 e. The van der Waals surface area contributed by atoms with E-state index in [4.69, 9.17) is 0 Å². The maximum Gasteiger partial charge on any atom is 0.238 e. The molecule has 130 valence electrons. The van der Waals surface area contributed by atoms with Crippen molar-refractivity contribution in [2.24, 2.45) is 0 Å². The van der Waals surface area contributed by atoms with Gasteiger partial charge in [-0.3, -0.25) is 4.79 Å². The van der Waals surface area contributed by atoms with Crippen molar-refractivity contribution in [2.45, 2.75) is 19.4 Å². The number of carbonyl (C=O) groups excluding carboxylic acids is 1. The van der Waals surface area contributed by atoms with Gasteiger partial charge in [-0.05, 0) is 24.1 Å². The van der Waals surface area contributed by atoms with Crippen molar-refractivity contribution in [1.82, 2.24) is 10.2 Å². The number of halogens is 2. The highest BCUT2D eigenvalue weighted by Gasteiger charge is 2.30. The van der Waals surface area contributed by atoms with Gasteiger partial charge >= 0.3 is 0 Å². The van der Waals surface area contributed by atoms with Crippen molar-refractivity contribution in [2.75, 3.05) is 31.1 Å². The molecular weight excluding hydrogens is 343 g/mol. The van der Waals surface area contributed by atoms with Crippen LogP contribution in [-0.4, -0.2) is 50.4 Å². The second kappa shape index (κ2) is 8.61. The summed E-state index contributed by atoms with van der Waals surface area (Å²) in [5.41, 5.74) is 0.674. The van der Waals surface area contributed by atoms with Crippen LogP contribution in [0.15, 0.2) is 24.3 Å². The molecule has 0 spiro atoms. The highest BCUT2D eigenvalue weighted by atomic mass is 35.5. The number of piperazine rings is 1. The van der Waals surface area contributed by atoms with E-state index in [9.17, 15) is 17.6 Å². The van der Waals surface area contributed by atoms with Gasteiger partial charge in [0.25, 0.3) is 0 Å². The zero-order valence-corrected chi connectivity index (χ0v) is 14.6. The molecule has 0 radical (unpaired) electrons. The molecule has 1 aliphatic heterocycles. The zero-order valence-electron chi connectivity index (χ0n) is 13.0. The van der Waals surface area contributed by atoms with Crippen LogP contribution in [0, 0.1) is 5.82 Å². The average Bonchev–Trinajstić information content (AvgIpc) is 2.46. The molecule has 1 N–H and O–H groups in total. The number of nitrogens with zero attached hydrogens (tertiary/aromatic N) is 1. The van der Waals surface area contributed by atoms with Gasteiger partial charge in [0.2, 0.25) is 5.91 Å². The number of hydrogen-bond acceptors (Lipinski definition) is 4. The molecule has 0 saturated carbocycles. The molecule has 1 heterocycles. The van der Waals surface area contributed by atoms with E-state index in [1.54, 1.807) is 24.0 Å². The number of carbonyl (C=O) groups is 1. The lowest BCUT2D eigenvalue weighted by Gasteiger charge is -2.36. The Hall–Kier alpha value is -1.18. The van der Waals surface area contributed by atoms with Gasteiger partial charge in [-0.15, -0.1) is 12.4 Å². The van der Waals surface area contributed by atoms with Crippen molar-refractivity contribution in [1.29, 1.82) is 0 Å². The lowest BCUT2D eigenvalue weighted by atomic mass is 10.0. The molecule has 0 aromatic heterocycles. The summed E-state index contributed by atoms with van der Waals surface area (Å²) < 4.78 is 37.1. The molecule has 8 heteroatoms. The number of nitrogens with one attached hydrogen (secondary N) is 1. The standard InChI is InChI=1S/C15H21FN2O3S.ClH/c1-2-8-22(20,21)11-15(19)18-7-6-17-10-14(18)12-4-3-5-13(16)9-12;/h3-5,9,14,17H,2,6-8,10-11H2,1H3;1H. The van der Waals surface area contributed by atoms with E-state index >= 15 is 0 Å². The lowest BCUT2D eigenvalue weighted by molar-refractivity contribution is -0.131. The number of rotatable bonds is 5. The summed E-state index contributed by atoms with van der Waals surface area (Å²) in [5.74, 6) is -1.25. The second-order valence-corrected chi connectivity index (χ2v) is 7.64. The number of sulfone groups is 1. The smallest absolute Gasteiger partial charge is 0.238 e. The summed E-state index contributed by atoms with van der Waals surface area (Å²) in [7, 11) is -3.38. The average molecular weight is 365 g/mol. The van der Waals surface area contributed by atoms with E-state index in [0.717, 1.165) is 0 Å². The molecule has 1 aromatic rings. The van der Waals surface area contributed by atoms with E-state index in [0.29, 0.717) is 31.6 Å². The van der Waals surface area contributed by atoms with Gasteiger partial charge in [0.05, 0.1) is 11.8 Å². The highest BCUT2D eigenvalue weighted by Crippen LogP contribution is 2.23. The topological polar surface area (TPSA) is 66.5 Å². The fourth-order valence-corrected chi connectivity index (χ4v) is 3.98. The predicted octanol–water partition coefficient (Wildman–Crippen LogP) is 1.55. The van der Waals surface area contributed by atoms with Gasteiger partial charge in [0.15, 0.2) is 9.84 Å². The molecule has 5 nitrogen and oxygen atoms in total. The summed E-state index contributed by atoms with van der Waals surface area (Å²) >= 11 is 0. The van der Waals surface area contributed by atoms with Gasteiger partial charge in [0.1, 0.15) is 11.6 Å². The molecule has 1 aliphatic rings. The Balaban J connectivity index is 0.00000264. The van der Waals surface area contributed by atoms with Gasteiger partial charge < -0.3 is 10.2 Å². The fraction of sp³-hybridized carbons (Fsp3) is 0.533. The first-order chi connectivity index (χ1) is 10.4. The SMILES string of the molecule is CCCS(=O)(=O)CC(=O)N1CCNCC1c1cccc(F)c1.Cl. The normalized spacial score (nSPS) is 18.3. The molecule has 1 aromatic carbocycles. The molecule has 0 bridgehead atoms. The molecule has 0 aliphatic carbocycles. The van der Waals surface area contributed by atoms with Crippen LogP contribution < -0.4 is 5.32 Å². The number of amides is 1. The Morgan fingerprint density at radius 1 is 1.43 bits per heavy atom. The van der Waals surface area contributed by atoms with Crippen LogP contribution in [0.2, 0.25) is 0 Å². The minimum atomic E-state index is -3.38. The van der Waals surface area contributed by atoms with E-state index in [2.05, 4.69) is 5.32 Å². The first-order valence-corrected chi connectivity index (χ1v) is 9.21. The van der Waals surface area contributed by atoms with Crippen molar-refractivity contribution >= 4 is 28.2 Å². The third kappa shape index (κ3) is 5.44. The summed E-state index contributed by atoms with van der Waals surface area (Å²) in [6, 6.07) is 5.74. The molecule has 1 fully saturated rings. The Morgan fingerprint density at radius 3 is 2.83 bits per heavy atom. The van der Waals surface area contributed by atoms with Crippen LogP contribution in [-0.2, 0) is 14.6 Å². The Bertz CT molecular complexity index is 639. The van der Waals surface area contributed by atoms with Crippen LogP contribution in [0.4, 0.5) is 4.39 Å². The van der Waals surface area contributed by atoms with Crippen molar-refractivity contribution in [3.8, 4) is 0 Å². The van der Waals surface area contributed by atoms with E-state index < -0.39 is 21.5 Å². The van der Waals surface area contributed by atoms with Crippen molar-refractivity contribution in [3.05, 3.63) is 35.6 Å². The van der Waals surface area contributed by atoms with E-state index in [1.807, 2.05) is 0 Å². The molecule has 1 amide bonds. The summed E-state index contributed by atoms with van der Waals surface area (Å²) in [4.78, 5) is 13.9. The second-order valence-electron chi connectivity index (χ2n) is 5.45.